The van der Waals surface area contributed by atoms with E-state index in [-0.39, 0.29) is 24.0 Å². The Kier molecular flexibility index (Phi) is 8.27. The number of hydrogen-bond donors (Lipinski definition) is 2. The fourth-order valence-corrected chi connectivity index (χ4v) is 3.01. The van der Waals surface area contributed by atoms with E-state index in [4.69, 9.17) is 0 Å². The summed E-state index contributed by atoms with van der Waals surface area (Å²) < 4.78 is 41.0. The van der Waals surface area contributed by atoms with Crippen LogP contribution in [-0.2, 0) is 18.1 Å². The Balaban J connectivity index is 0.00000341. The number of aliphatic imine (C=N–C) groups is 1. The van der Waals surface area contributed by atoms with Crippen molar-refractivity contribution >= 4 is 35.6 Å². The van der Waals surface area contributed by atoms with Gasteiger partial charge in [-0.05, 0) is 30.7 Å². The van der Waals surface area contributed by atoms with Crippen LogP contribution in [0, 0.1) is 0 Å². The number of aromatic nitrogens is 3. The first-order valence-electron chi connectivity index (χ1n) is 9.69. The average Bonchev–Trinajstić information content (AvgIpc) is 3.13. The van der Waals surface area contributed by atoms with Crippen molar-refractivity contribution in [2.75, 3.05) is 13.1 Å². The number of benzene rings is 1. The minimum Gasteiger partial charge on any atom is -0.357 e. The van der Waals surface area contributed by atoms with Gasteiger partial charge in [-0.3, -0.25) is 4.40 Å². The van der Waals surface area contributed by atoms with Crippen molar-refractivity contribution in [2.24, 2.45) is 4.99 Å². The number of halogens is 4. The van der Waals surface area contributed by atoms with Gasteiger partial charge in [0.2, 0.25) is 0 Å². The minimum absolute atomic E-state index is 0. The van der Waals surface area contributed by atoms with Crippen LogP contribution in [0.2, 0.25) is 0 Å². The molecule has 31 heavy (non-hydrogen) atoms. The SMILES string of the molecule is CCNC(=NCc1nnc2ccccn12)NCC(C)(C)c1cccc(C(F)(F)F)c1.I. The second-order valence-corrected chi connectivity index (χ2v) is 7.56. The van der Waals surface area contributed by atoms with Crippen LogP contribution in [-0.4, -0.2) is 33.6 Å². The number of guanidine groups is 1. The van der Waals surface area contributed by atoms with Crippen LogP contribution >= 0.6 is 24.0 Å². The van der Waals surface area contributed by atoms with E-state index in [0.29, 0.717) is 37.0 Å². The summed E-state index contributed by atoms with van der Waals surface area (Å²) >= 11 is 0. The summed E-state index contributed by atoms with van der Waals surface area (Å²) in [6, 6.07) is 11.1. The molecular weight excluding hydrogens is 520 g/mol. The Morgan fingerprint density at radius 3 is 2.48 bits per heavy atom. The second kappa shape index (κ2) is 10.3. The molecule has 0 aliphatic heterocycles. The van der Waals surface area contributed by atoms with E-state index < -0.39 is 17.2 Å². The van der Waals surface area contributed by atoms with Crippen LogP contribution < -0.4 is 10.6 Å². The third kappa shape index (κ3) is 6.31. The lowest BCUT2D eigenvalue weighted by molar-refractivity contribution is -0.137. The highest BCUT2D eigenvalue weighted by atomic mass is 127. The molecule has 2 N–H and O–H groups in total. The highest BCUT2D eigenvalue weighted by Crippen LogP contribution is 2.32. The Hall–Kier alpha value is -2.37. The molecule has 10 heteroatoms. The van der Waals surface area contributed by atoms with Crippen LogP contribution in [0.1, 0.15) is 37.7 Å². The zero-order chi connectivity index (χ0) is 21.8. The van der Waals surface area contributed by atoms with Crippen LogP contribution in [0.5, 0.6) is 0 Å². The van der Waals surface area contributed by atoms with Gasteiger partial charge in [-0.2, -0.15) is 13.2 Å². The van der Waals surface area contributed by atoms with Crippen molar-refractivity contribution < 1.29 is 13.2 Å². The van der Waals surface area contributed by atoms with Crippen LogP contribution in [0.3, 0.4) is 0 Å². The van der Waals surface area contributed by atoms with E-state index in [9.17, 15) is 13.2 Å². The monoisotopic (exact) mass is 546 g/mol. The third-order valence-electron chi connectivity index (χ3n) is 4.78. The number of nitrogens with one attached hydrogen (secondary N) is 2. The van der Waals surface area contributed by atoms with Crippen molar-refractivity contribution in [3.05, 3.63) is 65.6 Å². The van der Waals surface area contributed by atoms with Gasteiger partial charge in [0.15, 0.2) is 17.4 Å². The molecular formula is C21H26F3IN6. The maximum absolute atomic E-state index is 13.1. The summed E-state index contributed by atoms with van der Waals surface area (Å²) in [6.07, 6.45) is -2.49. The maximum atomic E-state index is 13.1. The van der Waals surface area contributed by atoms with E-state index in [1.165, 1.54) is 12.1 Å². The molecule has 0 spiro atoms. The van der Waals surface area contributed by atoms with Crippen molar-refractivity contribution in [1.82, 2.24) is 25.2 Å². The molecule has 0 radical (unpaired) electrons. The molecule has 2 aromatic heterocycles. The van der Waals surface area contributed by atoms with Gasteiger partial charge in [-0.1, -0.05) is 38.1 Å². The zero-order valence-corrected chi connectivity index (χ0v) is 19.9. The molecule has 0 saturated carbocycles. The fraction of sp³-hybridized carbons (Fsp3) is 0.381. The number of nitrogens with zero attached hydrogens (tertiary/aromatic N) is 4. The van der Waals surface area contributed by atoms with Gasteiger partial charge >= 0.3 is 6.18 Å². The molecule has 0 unspecified atom stereocenters. The average molecular weight is 546 g/mol. The first-order valence-corrected chi connectivity index (χ1v) is 9.69. The number of hydrogen-bond acceptors (Lipinski definition) is 3. The molecule has 0 aliphatic rings. The van der Waals surface area contributed by atoms with Gasteiger partial charge < -0.3 is 10.6 Å². The van der Waals surface area contributed by atoms with Crippen LogP contribution in [0.4, 0.5) is 13.2 Å². The summed E-state index contributed by atoms with van der Waals surface area (Å²) in [4.78, 5) is 4.55. The van der Waals surface area contributed by atoms with Gasteiger partial charge in [-0.15, -0.1) is 34.2 Å². The molecule has 1 aromatic carbocycles. The summed E-state index contributed by atoms with van der Waals surface area (Å²) in [5.74, 6) is 1.25. The van der Waals surface area contributed by atoms with E-state index in [2.05, 4.69) is 25.8 Å². The molecule has 168 valence electrons. The number of alkyl halides is 3. The molecule has 3 aromatic rings. The lowest BCUT2D eigenvalue weighted by Crippen LogP contribution is -2.43. The zero-order valence-electron chi connectivity index (χ0n) is 17.6. The van der Waals surface area contributed by atoms with Gasteiger partial charge in [0, 0.05) is 24.7 Å². The summed E-state index contributed by atoms with van der Waals surface area (Å²) in [6.45, 7) is 7.10. The standard InChI is InChI=1S/C21H25F3N6.HI/c1-4-25-19(26-13-18-29-28-17-10-5-6-11-30(17)18)27-14-20(2,3)15-8-7-9-16(12-15)21(22,23)24;/h5-12H,4,13-14H2,1-3H3,(H2,25,26,27);1H. The smallest absolute Gasteiger partial charge is 0.357 e. The number of fused-ring (bicyclic) bond motifs is 1. The fourth-order valence-electron chi connectivity index (χ4n) is 3.01. The van der Waals surface area contributed by atoms with Crippen LogP contribution in [0.25, 0.3) is 5.65 Å². The van der Waals surface area contributed by atoms with Crippen molar-refractivity contribution in [2.45, 2.75) is 38.9 Å². The Labute approximate surface area is 196 Å². The number of pyridine rings is 1. The molecule has 0 bridgehead atoms. The van der Waals surface area contributed by atoms with Crippen molar-refractivity contribution in [3.8, 4) is 0 Å². The van der Waals surface area contributed by atoms with Gasteiger partial charge in [0.05, 0.1) is 5.56 Å². The molecule has 2 heterocycles. The lowest BCUT2D eigenvalue weighted by Gasteiger charge is -2.27. The van der Waals surface area contributed by atoms with E-state index in [1.54, 1.807) is 6.07 Å². The highest BCUT2D eigenvalue weighted by molar-refractivity contribution is 14.0. The second-order valence-electron chi connectivity index (χ2n) is 7.56. The summed E-state index contributed by atoms with van der Waals surface area (Å²) in [5.41, 5.74) is 0.154. The topological polar surface area (TPSA) is 66.6 Å². The van der Waals surface area contributed by atoms with E-state index in [0.717, 1.165) is 11.7 Å². The number of rotatable bonds is 6. The summed E-state index contributed by atoms with van der Waals surface area (Å²) in [7, 11) is 0. The van der Waals surface area contributed by atoms with Crippen molar-refractivity contribution in [3.63, 3.8) is 0 Å². The normalized spacial score (nSPS) is 12.5. The largest absolute Gasteiger partial charge is 0.416 e. The lowest BCUT2D eigenvalue weighted by atomic mass is 9.84. The van der Waals surface area contributed by atoms with Crippen molar-refractivity contribution in [1.29, 1.82) is 0 Å². The van der Waals surface area contributed by atoms with Gasteiger partial charge in [-0.25, -0.2) is 4.99 Å². The Bertz CT molecular complexity index is 1030. The maximum Gasteiger partial charge on any atom is 0.416 e. The van der Waals surface area contributed by atoms with Crippen LogP contribution in [0.15, 0.2) is 53.7 Å². The Morgan fingerprint density at radius 2 is 1.77 bits per heavy atom. The third-order valence-corrected chi connectivity index (χ3v) is 4.78. The highest BCUT2D eigenvalue weighted by Gasteiger charge is 2.32. The molecule has 0 aliphatic carbocycles. The molecule has 3 rings (SSSR count). The van der Waals surface area contributed by atoms with Gasteiger partial charge in [0.1, 0.15) is 6.54 Å². The molecule has 0 saturated heterocycles. The molecule has 0 fully saturated rings. The molecule has 0 atom stereocenters. The Morgan fingerprint density at radius 1 is 1.03 bits per heavy atom. The predicted molar refractivity (Wildman–Crippen MR) is 126 cm³/mol. The summed E-state index contributed by atoms with van der Waals surface area (Å²) in [5, 5.41) is 14.6. The quantitative estimate of drug-likeness (QED) is 0.274. The predicted octanol–water partition coefficient (Wildman–Crippen LogP) is 4.40. The minimum atomic E-state index is -4.36. The molecule has 0 amide bonds. The first-order chi connectivity index (χ1) is 14.2. The van der Waals surface area contributed by atoms with Gasteiger partial charge in [0.25, 0.3) is 0 Å². The van der Waals surface area contributed by atoms with E-state index >= 15 is 0 Å². The molecule has 6 nitrogen and oxygen atoms in total. The first kappa shape index (κ1) is 24.9. The van der Waals surface area contributed by atoms with E-state index in [1.807, 2.05) is 49.6 Å².